The van der Waals surface area contributed by atoms with E-state index in [1.165, 1.54) is 0 Å². The molecule has 0 saturated heterocycles. The second-order valence-electron chi connectivity index (χ2n) is 2.11. The molecule has 0 aliphatic rings. The molecule has 0 bridgehead atoms. The Bertz CT molecular complexity index is 368. The number of hydrogen-bond donors (Lipinski definition) is 0. The van der Waals surface area contributed by atoms with Gasteiger partial charge in [0.25, 0.3) is 0 Å². The molecule has 0 spiro atoms. The summed E-state index contributed by atoms with van der Waals surface area (Å²) in [6.45, 7) is 0. The summed E-state index contributed by atoms with van der Waals surface area (Å²) in [6.07, 6.45) is 0. The summed E-state index contributed by atoms with van der Waals surface area (Å²) in [5.41, 5.74) is 0.735. The summed E-state index contributed by atoms with van der Waals surface area (Å²) in [6, 6.07) is 3.91. The SMILES string of the molecule is Cn1c(Br)c(C#N)c(C#N)c1Br. The van der Waals surface area contributed by atoms with Crippen LogP contribution in [-0.2, 0) is 7.05 Å². The van der Waals surface area contributed by atoms with Crippen LogP contribution >= 0.6 is 31.9 Å². The molecule has 1 rings (SSSR count). The summed E-state index contributed by atoms with van der Waals surface area (Å²) in [4.78, 5) is 0. The van der Waals surface area contributed by atoms with Gasteiger partial charge in [0, 0.05) is 7.05 Å². The van der Waals surface area contributed by atoms with E-state index in [-0.39, 0.29) is 0 Å². The lowest BCUT2D eigenvalue weighted by molar-refractivity contribution is 0.874. The standard InChI is InChI=1S/C7H3Br2N3/c1-12-6(8)4(2-10)5(3-11)7(12)9/h1H3. The fourth-order valence-corrected chi connectivity index (χ4v) is 2.00. The molecule has 5 heteroatoms. The van der Waals surface area contributed by atoms with Gasteiger partial charge >= 0.3 is 0 Å². The van der Waals surface area contributed by atoms with E-state index in [1.807, 2.05) is 12.1 Å². The van der Waals surface area contributed by atoms with Crippen LogP contribution in [0.3, 0.4) is 0 Å². The molecule has 0 aromatic carbocycles. The summed E-state index contributed by atoms with van der Waals surface area (Å²) >= 11 is 6.42. The zero-order valence-electron chi connectivity index (χ0n) is 6.10. The molecule has 1 heterocycles. The third-order valence-corrected chi connectivity index (χ3v) is 3.33. The molecule has 0 fully saturated rings. The van der Waals surface area contributed by atoms with Crippen LogP contribution in [0.4, 0.5) is 0 Å². The minimum Gasteiger partial charge on any atom is -0.331 e. The average Bonchev–Trinajstić information content (AvgIpc) is 2.29. The predicted octanol–water partition coefficient (Wildman–Crippen LogP) is 2.29. The van der Waals surface area contributed by atoms with Crippen molar-refractivity contribution in [1.82, 2.24) is 4.57 Å². The van der Waals surface area contributed by atoms with Crippen molar-refractivity contribution in [3.63, 3.8) is 0 Å². The van der Waals surface area contributed by atoms with E-state index in [0.717, 1.165) is 0 Å². The molecular formula is C7H3Br2N3. The molecule has 60 valence electrons. The van der Waals surface area contributed by atoms with Crippen LogP contribution < -0.4 is 0 Å². The lowest BCUT2D eigenvalue weighted by Gasteiger charge is -1.93. The van der Waals surface area contributed by atoms with Crippen molar-refractivity contribution < 1.29 is 0 Å². The molecule has 12 heavy (non-hydrogen) atoms. The van der Waals surface area contributed by atoms with Crippen LogP contribution in [0.2, 0.25) is 0 Å². The zero-order valence-corrected chi connectivity index (χ0v) is 9.27. The molecule has 0 aliphatic heterocycles. The normalized spacial score (nSPS) is 9.08. The molecule has 3 nitrogen and oxygen atoms in total. The lowest BCUT2D eigenvalue weighted by atomic mass is 10.2. The maximum absolute atomic E-state index is 8.70. The Morgan fingerprint density at radius 1 is 1.08 bits per heavy atom. The quantitative estimate of drug-likeness (QED) is 0.735. The summed E-state index contributed by atoms with van der Waals surface area (Å²) in [5.74, 6) is 0. The number of hydrogen-bond acceptors (Lipinski definition) is 2. The van der Waals surface area contributed by atoms with Crippen molar-refractivity contribution in [3.8, 4) is 12.1 Å². The van der Waals surface area contributed by atoms with Crippen molar-refractivity contribution >= 4 is 31.9 Å². The Morgan fingerprint density at radius 3 is 1.67 bits per heavy atom. The fourth-order valence-electron chi connectivity index (χ4n) is 0.832. The first-order valence-electron chi connectivity index (χ1n) is 2.97. The highest BCUT2D eigenvalue weighted by Crippen LogP contribution is 2.29. The maximum Gasteiger partial charge on any atom is 0.105 e. The highest BCUT2D eigenvalue weighted by Gasteiger charge is 2.16. The van der Waals surface area contributed by atoms with Gasteiger partial charge in [-0.25, -0.2) is 0 Å². The summed E-state index contributed by atoms with van der Waals surface area (Å²) in [7, 11) is 1.76. The highest BCUT2D eigenvalue weighted by atomic mass is 79.9. The lowest BCUT2D eigenvalue weighted by Crippen LogP contribution is -1.86. The van der Waals surface area contributed by atoms with Gasteiger partial charge in [0.2, 0.25) is 0 Å². The number of halogens is 2. The number of aromatic nitrogens is 1. The molecule has 0 amide bonds. The van der Waals surface area contributed by atoms with Gasteiger partial charge in [0.15, 0.2) is 0 Å². The molecule has 0 atom stereocenters. The summed E-state index contributed by atoms with van der Waals surface area (Å²) in [5, 5.41) is 17.4. The molecular weight excluding hydrogens is 286 g/mol. The van der Waals surface area contributed by atoms with Crippen LogP contribution in [0, 0.1) is 22.7 Å². The van der Waals surface area contributed by atoms with E-state index in [2.05, 4.69) is 31.9 Å². The predicted molar refractivity (Wildman–Crippen MR) is 50.2 cm³/mol. The van der Waals surface area contributed by atoms with Crippen molar-refractivity contribution in [1.29, 1.82) is 10.5 Å². The number of rotatable bonds is 0. The van der Waals surface area contributed by atoms with E-state index >= 15 is 0 Å². The summed E-state index contributed by atoms with van der Waals surface area (Å²) < 4.78 is 2.93. The fraction of sp³-hybridized carbons (Fsp3) is 0.143. The van der Waals surface area contributed by atoms with Crippen LogP contribution in [0.15, 0.2) is 9.21 Å². The van der Waals surface area contributed by atoms with E-state index in [9.17, 15) is 0 Å². The highest BCUT2D eigenvalue weighted by molar-refractivity contribution is 9.11. The molecule has 0 aliphatic carbocycles. The van der Waals surface area contributed by atoms with Gasteiger partial charge < -0.3 is 4.57 Å². The largest absolute Gasteiger partial charge is 0.331 e. The van der Waals surface area contributed by atoms with Gasteiger partial charge in [-0.1, -0.05) is 0 Å². The van der Waals surface area contributed by atoms with Crippen LogP contribution in [0.1, 0.15) is 11.1 Å². The zero-order chi connectivity index (χ0) is 9.30. The minimum absolute atomic E-state index is 0.367. The minimum atomic E-state index is 0.367. The Kier molecular flexibility index (Phi) is 2.56. The maximum atomic E-state index is 8.70. The Balaban J connectivity index is 3.61. The Hall–Kier alpha value is -0.780. The van der Waals surface area contributed by atoms with E-state index in [1.54, 1.807) is 11.6 Å². The molecule has 0 unspecified atom stereocenters. The van der Waals surface area contributed by atoms with Gasteiger partial charge in [0.1, 0.15) is 32.5 Å². The third kappa shape index (κ3) is 1.16. The van der Waals surface area contributed by atoms with Crippen molar-refractivity contribution in [3.05, 3.63) is 20.3 Å². The molecule has 0 saturated carbocycles. The number of nitrogens with zero attached hydrogens (tertiary/aromatic N) is 3. The first-order chi connectivity index (χ1) is 5.63. The smallest absolute Gasteiger partial charge is 0.105 e. The molecule has 0 radical (unpaired) electrons. The van der Waals surface area contributed by atoms with E-state index in [0.29, 0.717) is 20.3 Å². The Labute approximate surface area is 86.5 Å². The molecule has 1 aromatic rings. The second kappa shape index (κ2) is 3.30. The Morgan fingerprint density at radius 2 is 1.42 bits per heavy atom. The first-order valence-corrected chi connectivity index (χ1v) is 4.56. The van der Waals surface area contributed by atoms with Gasteiger partial charge in [-0.15, -0.1) is 0 Å². The van der Waals surface area contributed by atoms with Crippen LogP contribution in [0.25, 0.3) is 0 Å². The van der Waals surface area contributed by atoms with Crippen LogP contribution in [-0.4, -0.2) is 4.57 Å². The monoisotopic (exact) mass is 287 g/mol. The van der Waals surface area contributed by atoms with E-state index in [4.69, 9.17) is 10.5 Å². The van der Waals surface area contributed by atoms with Crippen molar-refractivity contribution in [2.45, 2.75) is 0 Å². The van der Waals surface area contributed by atoms with E-state index < -0.39 is 0 Å². The molecule has 0 N–H and O–H groups in total. The van der Waals surface area contributed by atoms with Gasteiger partial charge in [-0.05, 0) is 31.9 Å². The van der Waals surface area contributed by atoms with Crippen LogP contribution in [0.5, 0.6) is 0 Å². The topological polar surface area (TPSA) is 52.5 Å². The third-order valence-electron chi connectivity index (χ3n) is 1.48. The van der Waals surface area contributed by atoms with Gasteiger partial charge in [0.05, 0.1) is 0 Å². The molecule has 1 aromatic heterocycles. The average molecular weight is 289 g/mol. The van der Waals surface area contributed by atoms with Gasteiger partial charge in [-0.3, -0.25) is 0 Å². The first kappa shape index (κ1) is 9.31. The number of nitriles is 2. The van der Waals surface area contributed by atoms with Gasteiger partial charge in [-0.2, -0.15) is 10.5 Å². The van der Waals surface area contributed by atoms with Crippen molar-refractivity contribution in [2.24, 2.45) is 7.05 Å². The van der Waals surface area contributed by atoms with Crippen molar-refractivity contribution in [2.75, 3.05) is 0 Å². The second-order valence-corrected chi connectivity index (χ2v) is 3.62.